The number of hydrogen-bond acceptors (Lipinski definition) is 2. The molecule has 0 saturated heterocycles. The first kappa shape index (κ1) is 9.00. The van der Waals surface area contributed by atoms with Crippen molar-refractivity contribution in [2.45, 2.75) is 25.4 Å². The van der Waals surface area contributed by atoms with Crippen LogP contribution in [0.5, 0.6) is 0 Å². The highest BCUT2D eigenvalue weighted by Crippen LogP contribution is 2.12. The summed E-state index contributed by atoms with van der Waals surface area (Å²) in [6.07, 6.45) is 8.22. The molecule has 0 spiro atoms. The van der Waals surface area contributed by atoms with Crippen LogP contribution in [-0.2, 0) is 0 Å². The largest absolute Gasteiger partial charge is 0.329 e. The molecule has 0 saturated carbocycles. The van der Waals surface area contributed by atoms with Crippen molar-refractivity contribution in [1.29, 1.82) is 0 Å². The topological polar surface area (TPSA) is 43.8 Å². The maximum Gasteiger partial charge on any atom is 0.0952 e. The van der Waals surface area contributed by atoms with Crippen LogP contribution >= 0.6 is 0 Å². The number of aromatic nitrogens is 2. The van der Waals surface area contributed by atoms with E-state index in [9.17, 15) is 0 Å². The van der Waals surface area contributed by atoms with E-state index in [1.165, 1.54) is 0 Å². The number of rotatable bonds is 4. The molecule has 0 amide bonds. The SMILES string of the molecule is C=CC(C(N)CC)n1ccnc1. The Morgan fingerprint density at radius 2 is 2.50 bits per heavy atom. The average molecular weight is 165 g/mol. The maximum atomic E-state index is 5.90. The molecule has 1 aromatic heterocycles. The lowest BCUT2D eigenvalue weighted by atomic mass is 10.1. The summed E-state index contributed by atoms with van der Waals surface area (Å²) < 4.78 is 1.97. The summed E-state index contributed by atoms with van der Waals surface area (Å²) in [5.41, 5.74) is 5.90. The molecule has 0 radical (unpaired) electrons. The molecule has 1 aromatic rings. The van der Waals surface area contributed by atoms with Gasteiger partial charge in [0.1, 0.15) is 0 Å². The van der Waals surface area contributed by atoms with E-state index in [0.29, 0.717) is 0 Å². The van der Waals surface area contributed by atoms with Gasteiger partial charge in [0.05, 0.1) is 12.4 Å². The van der Waals surface area contributed by atoms with E-state index in [2.05, 4.69) is 18.5 Å². The van der Waals surface area contributed by atoms with E-state index < -0.39 is 0 Å². The lowest BCUT2D eigenvalue weighted by Gasteiger charge is -2.20. The molecule has 1 heterocycles. The maximum absolute atomic E-state index is 5.90. The Labute approximate surface area is 72.9 Å². The average Bonchev–Trinajstić information content (AvgIpc) is 2.58. The fourth-order valence-corrected chi connectivity index (χ4v) is 1.20. The first-order valence-corrected chi connectivity index (χ1v) is 4.15. The summed E-state index contributed by atoms with van der Waals surface area (Å²) in [7, 11) is 0. The van der Waals surface area contributed by atoms with Crippen molar-refractivity contribution in [2.24, 2.45) is 5.73 Å². The first-order valence-electron chi connectivity index (χ1n) is 4.15. The van der Waals surface area contributed by atoms with Gasteiger partial charge in [-0.1, -0.05) is 13.0 Å². The molecule has 0 aromatic carbocycles. The van der Waals surface area contributed by atoms with Crippen LogP contribution in [0, 0.1) is 0 Å². The van der Waals surface area contributed by atoms with Crippen LogP contribution in [0.25, 0.3) is 0 Å². The fraction of sp³-hybridized carbons (Fsp3) is 0.444. The Kier molecular flexibility index (Phi) is 3.05. The molecule has 2 atom stereocenters. The van der Waals surface area contributed by atoms with E-state index >= 15 is 0 Å². The zero-order valence-corrected chi connectivity index (χ0v) is 7.35. The summed E-state index contributed by atoms with van der Waals surface area (Å²) in [4.78, 5) is 3.97. The molecular weight excluding hydrogens is 150 g/mol. The van der Waals surface area contributed by atoms with Gasteiger partial charge in [-0.25, -0.2) is 4.98 Å². The van der Waals surface area contributed by atoms with Crippen LogP contribution in [0.3, 0.4) is 0 Å². The van der Waals surface area contributed by atoms with Gasteiger partial charge in [0.25, 0.3) is 0 Å². The Morgan fingerprint density at radius 3 is 2.92 bits per heavy atom. The van der Waals surface area contributed by atoms with Gasteiger partial charge < -0.3 is 10.3 Å². The van der Waals surface area contributed by atoms with Crippen LogP contribution in [0.4, 0.5) is 0 Å². The van der Waals surface area contributed by atoms with Crippen molar-refractivity contribution in [2.75, 3.05) is 0 Å². The van der Waals surface area contributed by atoms with Gasteiger partial charge in [0, 0.05) is 18.4 Å². The standard InChI is InChI=1S/C9H15N3/c1-3-8(10)9(4-2)12-6-5-11-7-12/h4-9H,2-3,10H2,1H3. The minimum atomic E-state index is 0.122. The Morgan fingerprint density at radius 1 is 1.75 bits per heavy atom. The minimum Gasteiger partial charge on any atom is -0.329 e. The normalized spacial score (nSPS) is 15.5. The number of hydrogen-bond donors (Lipinski definition) is 1. The quantitative estimate of drug-likeness (QED) is 0.684. The monoisotopic (exact) mass is 165 g/mol. The van der Waals surface area contributed by atoms with Crippen LogP contribution < -0.4 is 5.73 Å². The zero-order chi connectivity index (χ0) is 8.97. The first-order chi connectivity index (χ1) is 5.79. The highest BCUT2D eigenvalue weighted by molar-refractivity contribution is 4.95. The molecule has 3 nitrogen and oxygen atoms in total. The van der Waals surface area contributed by atoms with E-state index in [4.69, 9.17) is 5.73 Å². The Bertz CT molecular complexity index is 228. The molecule has 66 valence electrons. The molecule has 0 aliphatic rings. The van der Waals surface area contributed by atoms with Crippen molar-refractivity contribution < 1.29 is 0 Å². The van der Waals surface area contributed by atoms with Gasteiger partial charge >= 0.3 is 0 Å². The van der Waals surface area contributed by atoms with Gasteiger partial charge in [0.2, 0.25) is 0 Å². The third-order valence-corrected chi connectivity index (χ3v) is 2.02. The second kappa shape index (κ2) is 4.07. The summed E-state index contributed by atoms with van der Waals surface area (Å²) in [6.45, 7) is 5.82. The molecule has 0 aliphatic carbocycles. The van der Waals surface area contributed by atoms with Crippen LogP contribution in [0.1, 0.15) is 19.4 Å². The molecule has 0 fully saturated rings. The van der Waals surface area contributed by atoms with Crippen molar-refractivity contribution >= 4 is 0 Å². The van der Waals surface area contributed by atoms with E-state index in [-0.39, 0.29) is 12.1 Å². The molecule has 12 heavy (non-hydrogen) atoms. The van der Waals surface area contributed by atoms with Crippen LogP contribution in [0.15, 0.2) is 31.4 Å². The predicted molar refractivity (Wildman–Crippen MR) is 49.7 cm³/mol. The summed E-state index contributed by atoms with van der Waals surface area (Å²) in [6, 6.07) is 0.286. The van der Waals surface area contributed by atoms with Crippen molar-refractivity contribution in [1.82, 2.24) is 9.55 Å². The summed E-state index contributed by atoms with van der Waals surface area (Å²) >= 11 is 0. The number of imidazole rings is 1. The third kappa shape index (κ3) is 1.74. The second-order valence-electron chi connectivity index (χ2n) is 2.81. The van der Waals surface area contributed by atoms with Crippen LogP contribution in [0.2, 0.25) is 0 Å². The van der Waals surface area contributed by atoms with Gasteiger partial charge in [-0.2, -0.15) is 0 Å². The summed E-state index contributed by atoms with van der Waals surface area (Å²) in [5.74, 6) is 0. The van der Waals surface area contributed by atoms with E-state index in [0.717, 1.165) is 6.42 Å². The molecule has 2 unspecified atom stereocenters. The molecule has 3 heteroatoms. The Balaban J connectivity index is 2.76. The van der Waals surface area contributed by atoms with E-state index in [1.807, 2.05) is 16.8 Å². The second-order valence-corrected chi connectivity index (χ2v) is 2.81. The fourth-order valence-electron chi connectivity index (χ4n) is 1.20. The highest BCUT2D eigenvalue weighted by atomic mass is 15.1. The third-order valence-electron chi connectivity index (χ3n) is 2.02. The lowest BCUT2D eigenvalue weighted by molar-refractivity contribution is 0.472. The molecule has 2 N–H and O–H groups in total. The van der Waals surface area contributed by atoms with Crippen molar-refractivity contribution in [3.63, 3.8) is 0 Å². The van der Waals surface area contributed by atoms with Gasteiger partial charge in [0.15, 0.2) is 0 Å². The molecule has 0 aliphatic heterocycles. The minimum absolute atomic E-state index is 0.122. The van der Waals surface area contributed by atoms with Crippen molar-refractivity contribution in [3.05, 3.63) is 31.4 Å². The molecular formula is C9H15N3. The van der Waals surface area contributed by atoms with Crippen LogP contribution in [-0.4, -0.2) is 15.6 Å². The summed E-state index contributed by atoms with van der Waals surface area (Å²) in [5, 5.41) is 0. The van der Waals surface area contributed by atoms with Gasteiger partial charge in [-0.05, 0) is 6.42 Å². The molecule has 1 rings (SSSR count). The van der Waals surface area contributed by atoms with Gasteiger partial charge in [-0.3, -0.25) is 0 Å². The van der Waals surface area contributed by atoms with Crippen molar-refractivity contribution in [3.8, 4) is 0 Å². The van der Waals surface area contributed by atoms with Gasteiger partial charge in [-0.15, -0.1) is 6.58 Å². The Hall–Kier alpha value is -1.09. The lowest BCUT2D eigenvalue weighted by Crippen LogP contribution is -2.29. The zero-order valence-electron chi connectivity index (χ0n) is 7.35. The van der Waals surface area contributed by atoms with E-state index in [1.54, 1.807) is 12.5 Å². The predicted octanol–water partition coefficient (Wildman–Crippen LogP) is 1.35. The molecule has 0 bridgehead atoms. The highest BCUT2D eigenvalue weighted by Gasteiger charge is 2.12. The number of nitrogens with zero attached hydrogens (tertiary/aromatic N) is 2. The smallest absolute Gasteiger partial charge is 0.0952 e. The number of nitrogens with two attached hydrogens (primary N) is 1.